The van der Waals surface area contributed by atoms with Crippen LogP contribution in [0.4, 0.5) is 18.9 Å². The van der Waals surface area contributed by atoms with Crippen molar-refractivity contribution in [2.75, 3.05) is 6.61 Å². The molecular weight excluding hydrogens is 405 g/mol. The number of nitro benzene ring substituents is 1. The molecule has 0 aliphatic heterocycles. The standard InChI is InChI=1S/C20H23F3N2O5/c1-3-4-9-30-20(27)13(10-24-12-7-5-6-8-12)19(26)14-15(21)11(2)16(22)17(23)18(14)25(28)29/h10,12,26H,3-9H2,1-2H3. The van der Waals surface area contributed by atoms with Crippen LogP contribution in [0.3, 0.4) is 0 Å². The number of hydrogen-bond donors (Lipinski definition) is 1. The molecule has 7 nitrogen and oxygen atoms in total. The number of aliphatic hydroxyl groups excluding tert-OH is 1. The number of unbranched alkanes of at least 4 members (excludes halogenated alkanes) is 1. The summed E-state index contributed by atoms with van der Waals surface area (Å²) in [5.41, 5.74) is -4.37. The van der Waals surface area contributed by atoms with Gasteiger partial charge in [-0.2, -0.15) is 4.39 Å². The second kappa shape index (κ2) is 10.2. The smallest absolute Gasteiger partial charge is 0.343 e. The molecule has 0 heterocycles. The first-order valence-corrected chi connectivity index (χ1v) is 9.65. The van der Waals surface area contributed by atoms with E-state index in [-0.39, 0.29) is 12.6 Å². The van der Waals surface area contributed by atoms with E-state index >= 15 is 0 Å². The summed E-state index contributed by atoms with van der Waals surface area (Å²) < 4.78 is 47.7. The monoisotopic (exact) mass is 428 g/mol. The summed E-state index contributed by atoms with van der Waals surface area (Å²) in [6, 6.07) is -0.136. The fourth-order valence-corrected chi connectivity index (χ4v) is 3.12. The van der Waals surface area contributed by atoms with Gasteiger partial charge < -0.3 is 9.84 Å². The fraction of sp³-hybridized carbons (Fsp3) is 0.500. The van der Waals surface area contributed by atoms with E-state index in [1.807, 2.05) is 6.92 Å². The average molecular weight is 428 g/mol. The first-order valence-electron chi connectivity index (χ1n) is 9.65. The Bertz CT molecular complexity index is 893. The van der Waals surface area contributed by atoms with E-state index < -0.39 is 56.5 Å². The number of esters is 1. The SMILES string of the molecule is CCCCOC(=O)C(C=NC1CCCC1)=C(O)c1c(F)c(C)c(F)c(F)c1[N+](=O)[O-]. The summed E-state index contributed by atoms with van der Waals surface area (Å²) in [6.45, 7) is 2.71. The lowest BCUT2D eigenvalue weighted by molar-refractivity contribution is -0.388. The van der Waals surface area contributed by atoms with E-state index in [0.29, 0.717) is 12.8 Å². The van der Waals surface area contributed by atoms with Gasteiger partial charge in [-0.05, 0) is 26.2 Å². The predicted octanol–water partition coefficient (Wildman–Crippen LogP) is 4.95. The van der Waals surface area contributed by atoms with Crippen LogP contribution in [0.5, 0.6) is 0 Å². The number of nitrogens with zero attached hydrogens (tertiary/aromatic N) is 2. The van der Waals surface area contributed by atoms with Gasteiger partial charge in [0.2, 0.25) is 5.82 Å². The topological polar surface area (TPSA) is 102 Å². The molecule has 1 aromatic carbocycles. The van der Waals surface area contributed by atoms with Gasteiger partial charge in [-0.25, -0.2) is 13.6 Å². The van der Waals surface area contributed by atoms with Gasteiger partial charge in [0.25, 0.3) is 0 Å². The van der Waals surface area contributed by atoms with Crippen molar-refractivity contribution in [2.24, 2.45) is 4.99 Å². The van der Waals surface area contributed by atoms with Gasteiger partial charge >= 0.3 is 11.7 Å². The first-order chi connectivity index (χ1) is 14.2. The molecule has 1 fully saturated rings. The van der Waals surface area contributed by atoms with Crippen molar-refractivity contribution in [3.63, 3.8) is 0 Å². The minimum atomic E-state index is -1.94. The van der Waals surface area contributed by atoms with Gasteiger partial charge in [0.15, 0.2) is 5.82 Å². The third kappa shape index (κ3) is 4.98. The van der Waals surface area contributed by atoms with E-state index in [4.69, 9.17) is 4.74 Å². The number of carbonyl (C=O) groups is 1. The van der Waals surface area contributed by atoms with Crippen molar-refractivity contribution >= 4 is 23.6 Å². The maximum atomic E-state index is 14.7. The van der Waals surface area contributed by atoms with Crippen molar-refractivity contribution in [1.82, 2.24) is 0 Å². The predicted molar refractivity (Wildman–Crippen MR) is 104 cm³/mol. The molecule has 0 saturated heterocycles. The number of ether oxygens (including phenoxy) is 1. The van der Waals surface area contributed by atoms with Gasteiger partial charge in [0, 0.05) is 17.8 Å². The summed E-state index contributed by atoms with van der Waals surface area (Å²) in [5, 5.41) is 21.9. The van der Waals surface area contributed by atoms with Crippen molar-refractivity contribution in [2.45, 2.75) is 58.4 Å². The zero-order valence-electron chi connectivity index (χ0n) is 16.7. The van der Waals surface area contributed by atoms with E-state index in [9.17, 15) is 33.2 Å². The number of benzene rings is 1. The highest BCUT2D eigenvalue weighted by molar-refractivity contribution is 6.15. The number of nitro groups is 1. The molecule has 0 spiro atoms. The molecule has 1 N–H and O–H groups in total. The van der Waals surface area contributed by atoms with Crippen LogP contribution in [0.25, 0.3) is 5.76 Å². The minimum absolute atomic E-state index is 0.00916. The Morgan fingerprint density at radius 1 is 1.27 bits per heavy atom. The van der Waals surface area contributed by atoms with Gasteiger partial charge in [0.05, 0.1) is 11.5 Å². The summed E-state index contributed by atoms with van der Waals surface area (Å²) in [5.74, 6) is -7.57. The second-order valence-electron chi connectivity index (χ2n) is 7.02. The molecule has 1 aliphatic carbocycles. The molecule has 0 radical (unpaired) electrons. The molecule has 2 rings (SSSR count). The van der Waals surface area contributed by atoms with Gasteiger partial charge in [-0.3, -0.25) is 15.1 Å². The minimum Gasteiger partial charge on any atom is -0.506 e. The summed E-state index contributed by atoms with van der Waals surface area (Å²) in [4.78, 5) is 26.6. The molecule has 164 valence electrons. The van der Waals surface area contributed by atoms with Crippen LogP contribution in [0, 0.1) is 34.5 Å². The number of carbonyl (C=O) groups excluding carboxylic acids is 1. The number of aliphatic imine (C=N–C) groups is 1. The zero-order valence-corrected chi connectivity index (χ0v) is 16.7. The van der Waals surface area contributed by atoms with Crippen molar-refractivity contribution in [3.05, 3.63) is 44.3 Å². The van der Waals surface area contributed by atoms with Crippen LogP contribution in [0.1, 0.15) is 56.6 Å². The molecule has 0 amide bonds. The van der Waals surface area contributed by atoms with E-state index in [2.05, 4.69) is 4.99 Å². The Labute approximate surface area is 171 Å². The molecule has 1 aromatic rings. The Hall–Kier alpha value is -2.91. The Balaban J connectivity index is 2.65. The lowest BCUT2D eigenvalue weighted by Gasteiger charge is -2.12. The van der Waals surface area contributed by atoms with Gasteiger partial charge in [-0.15, -0.1) is 0 Å². The van der Waals surface area contributed by atoms with Gasteiger partial charge in [-0.1, -0.05) is 26.2 Å². The Kier molecular flexibility index (Phi) is 7.96. The van der Waals surface area contributed by atoms with Crippen LogP contribution in [0.15, 0.2) is 10.6 Å². The second-order valence-corrected chi connectivity index (χ2v) is 7.02. The molecule has 0 aromatic heterocycles. The number of rotatable bonds is 8. The molecular formula is C20H23F3N2O5. The lowest BCUT2D eigenvalue weighted by atomic mass is 10.0. The fourth-order valence-electron chi connectivity index (χ4n) is 3.12. The third-order valence-electron chi connectivity index (χ3n) is 4.88. The van der Waals surface area contributed by atoms with E-state index in [1.54, 1.807) is 0 Å². The summed E-state index contributed by atoms with van der Waals surface area (Å²) in [6.07, 6.45) is 5.52. The highest BCUT2D eigenvalue weighted by Crippen LogP contribution is 2.35. The maximum absolute atomic E-state index is 14.7. The number of hydrogen-bond acceptors (Lipinski definition) is 6. The Morgan fingerprint density at radius 2 is 1.90 bits per heavy atom. The Morgan fingerprint density at radius 3 is 2.47 bits per heavy atom. The van der Waals surface area contributed by atoms with Crippen LogP contribution in [-0.4, -0.2) is 34.9 Å². The summed E-state index contributed by atoms with van der Waals surface area (Å²) >= 11 is 0. The highest BCUT2D eigenvalue weighted by Gasteiger charge is 2.35. The molecule has 10 heteroatoms. The highest BCUT2D eigenvalue weighted by atomic mass is 19.2. The third-order valence-corrected chi connectivity index (χ3v) is 4.88. The summed E-state index contributed by atoms with van der Waals surface area (Å²) in [7, 11) is 0. The van der Waals surface area contributed by atoms with Crippen LogP contribution >= 0.6 is 0 Å². The molecule has 30 heavy (non-hydrogen) atoms. The molecule has 0 bridgehead atoms. The van der Waals surface area contributed by atoms with Crippen molar-refractivity contribution < 1.29 is 32.7 Å². The average Bonchev–Trinajstić information content (AvgIpc) is 3.22. The number of aliphatic hydroxyl groups is 1. The lowest BCUT2D eigenvalue weighted by Crippen LogP contribution is -2.15. The number of halogens is 3. The van der Waals surface area contributed by atoms with Crippen LogP contribution < -0.4 is 0 Å². The van der Waals surface area contributed by atoms with Crippen LogP contribution in [0.2, 0.25) is 0 Å². The normalized spacial score (nSPS) is 15.5. The molecule has 1 saturated carbocycles. The van der Waals surface area contributed by atoms with E-state index in [0.717, 1.165) is 38.8 Å². The van der Waals surface area contributed by atoms with Crippen molar-refractivity contribution in [1.29, 1.82) is 0 Å². The quantitative estimate of drug-likeness (QED) is 0.0923. The maximum Gasteiger partial charge on any atom is 0.343 e. The van der Waals surface area contributed by atoms with Crippen LogP contribution in [-0.2, 0) is 9.53 Å². The van der Waals surface area contributed by atoms with E-state index in [1.165, 1.54) is 0 Å². The largest absolute Gasteiger partial charge is 0.506 e. The molecule has 0 atom stereocenters. The van der Waals surface area contributed by atoms with Gasteiger partial charge in [0.1, 0.15) is 22.7 Å². The molecule has 1 aliphatic rings. The zero-order chi connectivity index (χ0) is 22.4. The first kappa shape index (κ1) is 23.4. The molecule has 0 unspecified atom stereocenters. The van der Waals surface area contributed by atoms with Crippen molar-refractivity contribution in [3.8, 4) is 0 Å².